The molecule has 0 unspecified atom stereocenters. The number of carbonyl (C=O) groups is 3. The molecule has 6 nitrogen and oxygen atoms in total. The molecule has 1 fully saturated rings. The number of thioether (sulfide) groups is 1. The predicted octanol–water partition coefficient (Wildman–Crippen LogP) is 5.99. The summed E-state index contributed by atoms with van der Waals surface area (Å²) < 4.78 is 1.89. The van der Waals surface area contributed by atoms with Gasteiger partial charge in [0, 0.05) is 17.1 Å². The minimum atomic E-state index is -1.10. The number of carboxylic acids is 1. The maximum absolute atomic E-state index is 13.0. The van der Waals surface area contributed by atoms with E-state index in [1.807, 2.05) is 55.7 Å². The van der Waals surface area contributed by atoms with Gasteiger partial charge >= 0.3 is 5.97 Å². The standard InChI is InChI=1S/C25H21ClN2O4S/c1-14-4-6-17(7-5-14)13-27-23(29)22(33-25(27)32)11-18-10-15(2)28(16(18)3)19-8-9-21(26)20(12-19)24(30)31/h4-12H,13H2,1-3H3,(H,30,31)/b22-11-. The van der Waals surface area contributed by atoms with Crippen LogP contribution in [-0.4, -0.2) is 31.7 Å². The van der Waals surface area contributed by atoms with Crippen LogP contribution in [0.3, 0.4) is 0 Å². The van der Waals surface area contributed by atoms with Gasteiger partial charge in [0.05, 0.1) is 22.0 Å². The number of aromatic carboxylic acids is 1. The lowest BCUT2D eigenvalue weighted by Gasteiger charge is -2.12. The molecule has 168 valence electrons. The minimum Gasteiger partial charge on any atom is -0.478 e. The maximum Gasteiger partial charge on any atom is 0.337 e. The van der Waals surface area contributed by atoms with E-state index in [1.165, 1.54) is 11.0 Å². The Kier molecular flexibility index (Phi) is 6.19. The van der Waals surface area contributed by atoms with Crippen molar-refractivity contribution in [1.82, 2.24) is 9.47 Å². The van der Waals surface area contributed by atoms with Crippen LogP contribution in [0, 0.1) is 20.8 Å². The molecule has 0 saturated carbocycles. The van der Waals surface area contributed by atoms with E-state index >= 15 is 0 Å². The number of aromatic nitrogens is 1. The molecule has 0 atom stereocenters. The average molecular weight is 481 g/mol. The number of nitrogens with zero attached hydrogens (tertiary/aromatic N) is 2. The third kappa shape index (κ3) is 4.47. The summed E-state index contributed by atoms with van der Waals surface area (Å²) in [5.74, 6) is -1.43. The zero-order chi connectivity index (χ0) is 23.9. The van der Waals surface area contributed by atoms with Gasteiger partial charge in [-0.1, -0.05) is 41.4 Å². The molecule has 0 spiro atoms. The molecule has 1 aromatic heterocycles. The van der Waals surface area contributed by atoms with Gasteiger partial charge in [0.1, 0.15) is 0 Å². The molecule has 1 aliphatic heterocycles. The van der Waals surface area contributed by atoms with Gasteiger partial charge in [-0.3, -0.25) is 14.5 Å². The molecular weight excluding hydrogens is 460 g/mol. The summed E-state index contributed by atoms with van der Waals surface area (Å²) in [6, 6.07) is 14.4. The summed E-state index contributed by atoms with van der Waals surface area (Å²) in [6.45, 7) is 5.98. The predicted molar refractivity (Wildman–Crippen MR) is 130 cm³/mol. The first-order valence-electron chi connectivity index (χ1n) is 10.2. The van der Waals surface area contributed by atoms with Crippen molar-refractivity contribution in [2.45, 2.75) is 27.3 Å². The van der Waals surface area contributed by atoms with E-state index in [0.717, 1.165) is 39.8 Å². The van der Waals surface area contributed by atoms with Crippen LogP contribution in [0.2, 0.25) is 5.02 Å². The first kappa shape index (κ1) is 22.9. The average Bonchev–Trinajstić information content (AvgIpc) is 3.19. The summed E-state index contributed by atoms with van der Waals surface area (Å²) in [6.07, 6.45) is 1.72. The Balaban J connectivity index is 1.64. The second-order valence-electron chi connectivity index (χ2n) is 7.88. The second kappa shape index (κ2) is 8.92. The fourth-order valence-electron chi connectivity index (χ4n) is 3.80. The van der Waals surface area contributed by atoms with E-state index in [0.29, 0.717) is 10.6 Å². The summed E-state index contributed by atoms with van der Waals surface area (Å²) in [5, 5.41) is 9.25. The number of hydrogen-bond acceptors (Lipinski definition) is 4. The molecule has 4 rings (SSSR count). The van der Waals surface area contributed by atoms with E-state index in [9.17, 15) is 19.5 Å². The molecule has 2 aromatic carbocycles. The number of hydrogen-bond donors (Lipinski definition) is 1. The van der Waals surface area contributed by atoms with Gasteiger partial charge in [-0.15, -0.1) is 0 Å². The fraction of sp³-hybridized carbons (Fsp3) is 0.160. The zero-order valence-corrected chi connectivity index (χ0v) is 19.8. The lowest BCUT2D eigenvalue weighted by Crippen LogP contribution is -2.27. The number of amides is 2. The number of imide groups is 1. The van der Waals surface area contributed by atoms with Crippen molar-refractivity contribution in [2.75, 3.05) is 0 Å². The van der Waals surface area contributed by atoms with Gasteiger partial charge in [-0.2, -0.15) is 0 Å². The number of carboxylic acid groups (broad SMARTS) is 1. The van der Waals surface area contributed by atoms with Crippen molar-refractivity contribution in [1.29, 1.82) is 0 Å². The summed E-state index contributed by atoms with van der Waals surface area (Å²) in [7, 11) is 0. The summed E-state index contributed by atoms with van der Waals surface area (Å²) in [4.78, 5) is 38.6. The van der Waals surface area contributed by atoms with E-state index in [-0.39, 0.29) is 28.3 Å². The normalized spacial score (nSPS) is 15.0. The van der Waals surface area contributed by atoms with Gasteiger partial charge in [-0.25, -0.2) is 4.79 Å². The Bertz CT molecular complexity index is 1320. The quantitative estimate of drug-likeness (QED) is 0.453. The highest BCUT2D eigenvalue weighted by Crippen LogP contribution is 2.35. The van der Waals surface area contributed by atoms with Crippen molar-refractivity contribution in [3.8, 4) is 5.69 Å². The van der Waals surface area contributed by atoms with Gasteiger partial charge < -0.3 is 9.67 Å². The molecule has 1 saturated heterocycles. The van der Waals surface area contributed by atoms with E-state index < -0.39 is 5.97 Å². The molecule has 2 amide bonds. The minimum absolute atomic E-state index is 0.0143. The lowest BCUT2D eigenvalue weighted by molar-refractivity contribution is -0.123. The molecule has 3 aromatic rings. The fourth-order valence-corrected chi connectivity index (χ4v) is 4.83. The topological polar surface area (TPSA) is 79.6 Å². The monoisotopic (exact) mass is 480 g/mol. The van der Waals surface area contributed by atoms with Crippen molar-refractivity contribution in [3.05, 3.63) is 92.1 Å². The van der Waals surface area contributed by atoms with Crippen LogP contribution in [0.1, 0.15) is 38.4 Å². The van der Waals surface area contributed by atoms with E-state index in [1.54, 1.807) is 18.2 Å². The van der Waals surface area contributed by atoms with Crippen LogP contribution >= 0.6 is 23.4 Å². The van der Waals surface area contributed by atoms with Crippen LogP contribution in [0.25, 0.3) is 11.8 Å². The Morgan fingerprint density at radius 2 is 1.76 bits per heavy atom. The number of carbonyl (C=O) groups excluding carboxylic acids is 2. The number of aryl methyl sites for hydroxylation is 2. The highest BCUT2D eigenvalue weighted by molar-refractivity contribution is 8.18. The smallest absolute Gasteiger partial charge is 0.337 e. The maximum atomic E-state index is 13.0. The lowest BCUT2D eigenvalue weighted by atomic mass is 10.1. The largest absolute Gasteiger partial charge is 0.478 e. The molecule has 0 aliphatic carbocycles. The van der Waals surface area contributed by atoms with Crippen LogP contribution in [0.15, 0.2) is 53.4 Å². The molecule has 0 bridgehead atoms. The van der Waals surface area contributed by atoms with Crippen LogP contribution < -0.4 is 0 Å². The molecule has 2 heterocycles. The highest BCUT2D eigenvalue weighted by atomic mass is 35.5. The van der Waals surface area contributed by atoms with Crippen LogP contribution in [0.5, 0.6) is 0 Å². The Morgan fingerprint density at radius 1 is 1.06 bits per heavy atom. The Morgan fingerprint density at radius 3 is 2.42 bits per heavy atom. The highest BCUT2D eigenvalue weighted by Gasteiger charge is 2.35. The molecule has 0 radical (unpaired) electrons. The zero-order valence-electron chi connectivity index (χ0n) is 18.3. The van der Waals surface area contributed by atoms with Crippen LogP contribution in [-0.2, 0) is 11.3 Å². The third-order valence-electron chi connectivity index (χ3n) is 5.53. The molecule has 1 N–H and O–H groups in total. The second-order valence-corrected chi connectivity index (χ2v) is 9.29. The van der Waals surface area contributed by atoms with Gasteiger partial charge in [-0.05, 0) is 74.0 Å². The van der Waals surface area contributed by atoms with Gasteiger partial charge in [0.2, 0.25) is 0 Å². The van der Waals surface area contributed by atoms with Crippen molar-refractivity contribution >= 4 is 46.6 Å². The van der Waals surface area contributed by atoms with Crippen LogP contribution in [0.4, 0.5) is 4.79 Å². The first-order valence-corrected chi connectivity index (χ1v) is 11.4. The first-order chi connectivity index (χ1) is 15.7. The Hall–Kier alpha value is -3.29. The van der Waals surface area contributed by atoms with Crippen molar-refractivity contribution < 1.29 is 19.5 Å². The molecule has 33 heavy (non-hydrogen) atoms. The Labute approximate surface area is 200 Å². The third-order valence-corrected chi connectivity index (χ3v) is 6.77. The number of rotatable bonds is 5. The summed E-state index contributed by atoms with van der Waals surface area (Å²) >= 11 is 6.93. The number of benzene rings is 2. The SMILES string of the molecule is Cc1ccc(CN2C(=O)S/C(=C\c3cc(C)n(-c4ccc(Cl)c(C(=O)O)c4)c3C)C2=O)cc1. The van der Waals surface area contributed by atoms with Crippen molar-refractivity contribution in [2.24, 2.45) is 0 Å². The van der Waals surface area contributed by atoms with Crippen molar-refractivity contribution in [3.63, 3.8) is 0 Å². The molecular formula is C25H21ClN2O4S. The number of halogens is 1. The van der Waals surface area contributed by atoms with Gasteiger partial charge in [0.15, 0.2) is 0 Å². The van der Waals surface area contributed by atoms with E-state index in [2.05, 4.69) is 0 Å². The molecule has 1 aliphatic rings. The molecule has 8 heteroatoms. The van der Waals surface area contributed by atoms with E-state index in [4.69, 9.17) is 11.6 Å². The summed E-state index contributed by atoms with van der Waals surface area (Å²) in [5.41, 5.74) is 5.12. The van der Waals surface area contributed by atoms with Gasteiger partial charge in [0.25, 0.3) is 11.1 Å².